The van der Waals surface area contributed by atoms with Gasteiger partial charge in [-0.25, -0.2) is 9.78 Å². The van der Waals surface area contributed by atoms with E-state index in [1.807, 2.05) is 6.92 Å². The molecular formula is C24H34N6O6S. The number of hydrogen-bond acceptors (Lipinski definition) is 8. The van der Waals surface area contributed by atoms with Crippen LogP contribution in [-0.4, -0.2) is 73.8 Å². The Bertz CT molecular complexity index is 1050. The van der Waals surface area contributed by atoms with Gasteiger partial charge in [-0.1, -0.05) is 32.4 Å². The van der Waals surface area contributed by atoms with Gasteiger partial charge in [0.15, 0.2) is 0 Å². The number of carbonyl (C=O) groups is 4. The molecule has 2 aromatic rings. The number of aromatic hydroxyl groups is 1. The van der Waals surface area contributed by atoms with Crippen LogP contribution >= 0.6 is 12.6 Å². The molecule has 0 spiro atoms. The Morgan fingerprint density at radius 1 is 1.03 bits per heavy atom. The Morgan fingerprint density at radius 2 is 1.68 bits per heavy atom. The molecule has 12 nitrogen and oxygen atoms in total. The van der Waals surface area contributed by atoms with Gasteiger partial charge in [-0.05, 0) is 30.0 Å². The maximum absolute atomic E-state index is 13.1. The van der Waals surface area contributed by atoms with E-state index in [1.54, 1.807) is 19.1 Å². The van der Waals surface area contributed by atoms with Crippen molar-refractivity contribution in [3.05, 3.63) is 48.0 Å². The van der Waals surface area contributed by atoms with Crippen molar-refractivity contribution in [3.8, 4) is 5.75 Å². The number of aromatic nitrogens is 2. The van der Waals surface area contributed by atoms with Gasteiger partial charge in [0.1, 0.15) is 23.9 Å². The lowest BCUT2D eigenvalue weighted by molar-refractivity contribution is -0.142. The van der Waals surface area contributed by atoms with Crippen LogP contribution in [0.1, 0.15) is 31.5 Å². The number of H-pyrrole nitrogens is 1. The van der Waals surface area contributed by atoms with Crippen molar-refractivity contribution in [3.63, 3.8) is 0 Å². The molecule has 0 fully saturated rings. The van der Waals surface area contributed by atoms with Crippen LogP contribution in [0, 0.1) is 5.92 Å². The standard InChI is InChI=1S/C24H34N6O6S/c1-3-13(2)20(30-21(32)17(25)8-14-4-6-16(31)7-5-14)23(34)29-19(11-37)22(33)28-18(24(35)36)9-15-10-26-12-27-15/h4-7,10,12-13,17-20,31,37H,3,8-9,11,25H2,1-2H3,(H,26,27)(H,28,33)(H,29,34)(H,30,32)(H,35,36). The highest BCUT2D eigenvalue weighted by atomic mass is 32.1. The van der Waals surface area contributed by atoms with Gasteiger partial charge in [0.2, 0.25) is 17.7 Å². The zero-order valence-electron chi connectivity index (χ0n) is 20.7. The van der Waals surface area contributed by atoms with E-state index >= 15 is 0 Å². The molecule has 0 aliphatic heterocycles. The number of hydrogen-bond donors (Lipinski definition) is 8. The second-order valence-corrected chi connectivity index (χ2v) is 9.14. The average molecular weight is 535 g/mol. The van der Waals surface area contributed by atoms with Crippen LogP contribution in [0.3, 0.4) is 0 Å². The maximum atomic E-state index is 13.1. The van der Waals surface area contributed by atoms with E-state index in [0.717, 1.165) is 5.56 Å². The SMILES string of the molecule is CCC(C)C(NC(=O)C(N)Cc1ccc(O)cc1)C(=O)NC(CS)C(=O)NC(Cc1cnc[nH]1)C(=O)O. The summed E-state index contributed by atoms with van der Waals surface area (Å²) < 4.78 is 0. The number of phenolic OH excluding ortho intramolecular Hbond substituents is 1. The van der Waals surface area contributed by atoms with Crippen molar-refractivity contribution in [1.82, 2.24) is 25.9 Å². The summed E-state index contributed by atoms with van der Waals surface area (Å²) in [6.07, 6.45) is 3.56. The third kappa shape index (κ3) is 9.10. The topological polar surface area (TPSA) is 200 Å². The minimum Gasteiger partial charge on any atom is -0.508 e. The summed E-state index contributed by atoms with van der Waals surface area (Å²) in [6.45, 7) is 3.62. The predicted octanol–water partition coefficient (Wildman–Crippen LogP) is -0.257. The summed E-state index contributed by atoms with van der Waals surface area (Å²) in [5.41, 5.74) is 7.30. The number of benzene rings is 1. The molecular weight excluding hydrogens is 500 g/mol. The monoisotopic (exact) mass is 534 g/mol. The van der Waals surface area contributed by atoms with Gasteiger partial charge in [0, 0.05) is 24.1 Å². The molecule has 0 radical (unpaired) electrons. The van der Waals surface area contributed by atoms with Gasteiger partial charge in [-0.2, -0.15) is 12.6 Å². The number of aromatic amines is 1. The minimum atomic E-state index is -1.25. The summed E-state index contributed by atoms with van der Waals surface area (Å²) in [5.74, 6) is -3.45. The predicted molar refractivity (Wildman–Crippen MR) is 139 cm³/mol. The fraction of sp³-hybridized carbons (Fsp3) is 0.458. The summed E-state index contributed by atoms with van der Waals surface area (Å²) in [6, 6.07) is 1.93. The molecule has 0 saturated heterocycles. The van der Waals surface area contributed by atoms with E-state index in [1.165, 1.54) is 24.7 Å². The molecule has 0 aliphatic carbocycles. The van der Waals surface area contributed by atoms with Crippen LogP contribution in [0.25, 0.3) is 0 Å². The number of carboxylic acids is 1. The van der Waals surface area contributed by atoms with Gasteiger partial charge in [-0.15, -0.1) is 0 Å². The van der Waals surface area contributed by atoms with Crippen molar-refractivity contribution >= 4 is 36.3 Å². The number of nitrogens with two attached hydrogens (primary N) is 1. The van der Waals surface area contributed by atoms with Crippen molar-refractivity contribution in [1.29, 1.82) is 0 Å². The highest BCUT2D eigenvalue weighted by molar-refractivity contribution is 7.80. The molecule has 2 rings (SSSR count). The van der Waals surface area contributed by atoms with E-state index in [4.69, 9.17) is 5.73 Å². The first-order valence-electron chi connectivity index (χ1n) is 11.8. The molecule has 1 aromatic heterocycles. The van der Waals surface area contributed by atoms with Gasteiger partial charge in [-0.3, -0.25) is 14.4 Å². The summed E-state index contributed by atoms with van der Waals surface area (Å²) >= 11 is 4.14. The van der Waals surface area contributed by atoms with Crippen LogP contribution in [0.4, 0.5) is 0 Å². The minimum absolute atomic E-state index is 0.0290. The van der Waals surface area contributed by atoms with Crippen molar-refractivity contribution in [2.45, 2.75) is 57.3 Å². The molecule has 1 heterocycles. The lowest BCUT2D eigenvalue weighted by Gasteiger charge is -2.27. The van der Waals surface area contributed by atoms with Crippen molar-refractivity contribution < 1.29 is 29.4 Å². The zero-order valence-corrected chi connectivity index (χ0v) is 21.6. The summed E-state index contributed by atoms with van der Waals surface area (Å²) in [4.78, 5) is 56.9. The number of aliphatic carboxylic acids is 1. The number of rotatable bonds is 14. The van der Waals surface area contributed by atoms with E-state index in [2.05, 4.69) is 38.5 Å². The molecule has 5 unspecified atom stereocenters. The fourth-order valence-electron chi connectivity index (χ4n) is 3.49. The van der Waals surface area contributed by atoms with Crippen molar-refractivity contribution in [2.24, 2.45) is 11.7 Å². The number of nitrogens with zero attached hydrogens (tertiary/aromatic N) is 1. The normalized spacial score (nSPS) is 15.0. The van der Waals surface area contributed by atoms with Crippen molar-refractivity contribution in [2.75, 3.05) is 5.75 Å². The highest BCUT2D eigenvalue weighted by Gasteiger charge is 2.32. The van der Waals surface area contributed by atoms with Crippen LogP contribution < -0.4 is 21.7 Å². The molecule has 202 valence electrons. The van der Waals surface area contributed by atoms with E-state index in [-0.39, 0.29) is 30.3 Å². The number of nitrogens with one attached hydrogen (secondary N) is 4. The molecule has 37 heavy (non-hydrogen) atoms. The van der Waals surface area contributed by atoms with Crippen LogP contribution in [-0.2, 0) is 32.0 Å². The summed E-state index contributed by atoms with van der Waals surface area (Å²) in [7, 11) is 0. The quantitative estimate of drug-likeness (QED) is 0.152. The Morgan fingerprint density at radius 3 is 2.22 bits per heavy atom. The Balaban J connectivity index is 2.04. The third-order valence-electron chi connectivity index (χ3n) is 5.93. The number of carboxylic acid groups (broad SMARTS) is 1. The Hall–Kier alpha value is -3.58. The molecule has 0 bridgehead atoms. The maximum Gasteiger partial charge on any atom is 0.326 e. The first kappa shape index (κ1) is 29.6. The number of imidazole rings is 1. The number of thiol groups is 1. The highest BCUT2D eigenvalue weighted by Crippen LogP contribution is 2.12. The molecule has 8 N–H and O–H groups in total. The number of phenols is 1. The fourth-order valence-corrected chi connectivity index (χ4v) is 3.74. The Labute approximate surface area is 220 Å². The first-order valence-corrected chi connectivity index (χ1v) is 12.4. The molecule has 13 heteroatoms. The van der Waals surface area contributed by atoms with Gasteiger partial charge in [0.05, 0.1) is 12.4 Å². The largest absolute Gasteiger partial charge is 0.508 e. The number of amides is 3. The van der Waals surface area contributed by atoms with Crippen LogP contribution in [0.2, 0.25) is 0 Å². The van der Waals surface area contributed by atoms with E-state index < -0.39 is 47.9 Å². The molecule has 0 aliphatic rings. The molecule has 0 saturated carbocycles. The second-order valence-electron chi connectivity index (χ2n) is 8.77. The van der Waals surface area contributed by atoms with E-state index in [9.17, 15) is 29.4 Å². The van der Waals surface area contributed by atoms with E-state index in [0.29, 0.717) is 12.1 Å². The van der Waals surface area contributed by atoms with Crippen LogP contribution in [0.5, 0.6) is 5.75 Å². The molecule has 3 amide bonds. The lowest BCUT2D eigenvalue weighted by atomic mass is 9.97. The van der Waals surface area contributed by atoms with Gasteiger partial charge >= 0.3 is 5.97 Å². The smallest absolute Gasteiger partial charge is 0.326 e. The van der Waals surface area contributed by atoms with Gasteiger partial charge in [0.25, 0.3) is 0 Å². The average Bonchev–Trinajstić information content (AvgIpc) is 3.38. The molecule has 1 aromatic carbocycles. The first-order chi connectivity index (χ1) is 17.5. The summed E-state index contributed by atoms with van der Waals surface area (Å²) in [5, 5.41) is 26.5. The zero-order chi connectivity index (χ0) is 27.5. The van der Waals surface area contributed by atoms with Gasteiger partial charge < -0.3 is 36.9 Å². The Kier molecular flexibility index (Phi) is 11.4. The third-order valence-corrected chi connectivity index (χ3v) is 6.30. The number of carbonyl (C=O) groups excluding carboxylic acids is 3. The lowest BCUT2D eigenvalue weighted by Crippen LogP contribution is -2.59. The second kappa shape index (κ2) is 14.2. The molecule has 5 atom stereocenters. The van der Waals surface area contributed by atoms with Crippen LogP contribution in [0.15, 0.2) is 36.8 Å².